The van der Waals surface area contributed by atoms with Crippen LogP contribution >= 0.6 is 11.6 Å². The van der Waals surface area contributed by atoms with Gasteiger partial charge in [0.25, 0.3) is 5.91 Å². The zero-order chi connectivity index (χ0) is 22.4. The summed E-state index contributed by atoms with van der Waals surface area (Å²) in [6.07, 6.45) is 0. The van der Waals surface area contributed by atoms with Gasteiger partial charge < -0.3 is 15.0 Å². The van der Waals surface area contributed by atoms with Gasteiger partial charge in [0.2, 0.25) is 5.91 Å². The number of hydrogen-bond acceptors (Lipinski definition) is 3. The Morgan fingerprint density at radius 1 is 0.968 bits per heavy atom. The Morgan fingerprint density at radius 2 is 1.68 bits per heavy atom. The monoisotopic (exact) mass is 436 g/mol. The van der Waals surface area contributed by atoms with E-state index in [2.05, 4.69) is 5.32 Å². The number of ether oxygens (including phenoxy) is 1. The number of para-hydroxylation sites is 1. The maximum Gasteiger partial charge on any atom is 0.257 e. The second-order valence-corrected chi connectivity index (χ2v) is 7.74. The largest absolute Gasteiger partial charge is 0.488 e. The van der Waals surface area contributed by atoms with Crippen molar-refractivity contribution in [2.45, 2.75) is 20.5 Å². The van der Waals surface area contributed by atoms with Gasteiger partial charge in [0.15, 0.2) is 0 Å². The third-order valence-electron chi connectivity index (χ3n) is 5.06. The first-order chi connectivity index (χ1) is 14.9. The predicted octanol–water partition coefficient (Wildman–Crippen LogP) is 5.25. The Kier molecular flexibility index (Phi) is 7.32. The van der Waals surface area contributed by atoms with Crippen molar-refractivity contribution in [3.8, 4) is 5.75 Å². The van der Waals surface area contributed by atoms with Crippen molar-refractivity contribution < 1.29 is 14.3 Å². The maximum atomic E-state index is 13.0. The fraction of sp³-hybridized carbons (Fsp3) is 0.200. The van der Waals surface area contributed by atoms with Gasteiger partial charge >= 0.3 is 0 Å². The molecule has 5 nitrogen and oxygen atoms in total. The average molecular weight is 437 g/mol. The molecular weight excluding hydrogens is 412 g/mol. The number of nitrogens with zero attached hydrogens (tertiary/aromatic N) is 1. The summed E-state index contributed by atoms with van der Waals surface area (Å²) in [5.41, 5.74) is 4.05. The number of hydrogen-bond donors (Lipinski definition) is 1. The van der Waals surface area contributed by atoms with Crippen LogP contribution in [0, 0.1) is 13.8 Å². The molecule has 0 saturated heterocycles. The molecule has 3 aromatic rings. The fourth-order valence-corrected chi connectivity index (χ4v) is 3.30. The molecule has 0 radical (unpaired) electrons. The fourth-order valence-electron chi connectivity index (χ4n) is 3.11. The molecule has 1 N–H and O–H groups in total. The topological polar surface area (TPSA) is 58.6 Å². The molecule has 6 heteroatoms. The quantitative estimate of drug-likeness (QED) is 0.550. The summed E-state index contributed by atoms with van der Waals surface area (Å²) < 4.78 is 5.87. The minimum absolute atomic E-state index is 0.0783. The molecule has 0 unspecified atom stereocenters. The predicted molar refractivity (Wildman–Crippen MR) is 124 cm³/mol. The molecule has 3 aromatic carbocycles. The lowest BCUT2D eigenvalue weighted by molar-refractivity contribution is -0.116. The molecule has 3 rings (SSSR count). The summed E-state index contributed by atoms with van der Waals surface area (Å²) in [6, 6.07) is 20.1. The van der Waals surface area contributed by atoms with Crippen LogP contribution in [0.15, 0.2) is 66.7 Å². The van der Waals surface area contributed by atoms with Crippen molar-refractivity contribution >= 4 is 29.1 Å². The van der Waals surface area contributed by atoms with Crippen molar-refractivity contribution in [2.75, 3.05) is 18.9 Å². The molecule has 0 aliphatic heterocycles. The van der Waals surface area contributed by atoms with E-state index in [1.54, 1.807) is 37.4 Å². The summed E-state index contributed by atoms with van der Waals surface area (Å²) in [6.45, 7) is 4.10. The van der Waals surface area contributed by atoms with E-state index in [0.717, 1.165) is 22.4 Å². The molecular formula is C25H25ClN2O3. The molecule has 160 valence electrons. The van der Waals surface area contributed by atoms with Crippen LogP contribution in [0.4, 0.5) is 5.69 Å². The second-order valence-electron chi connectivity index (χ2n) is 7.33. The third-order valence-corrected chi connectivity index (χ3v) is 5.43. The van der Waals surface area contributed by atoms with E-state index >= 15 is 0 Å². The number of halogens is 1. The summed E-state index contributed by atoms with van der Waals surface area (Å²) >= 11 is 6.19. The highest BCUT2D eigenvalue weighted by Crippen LogP contribution is 2.23. The van der Waals surface area contributed by atoms with Gasteiger partial charge in [-0.2, -0.15) is 0 Å². The van der Waals surface area contributed by atoms with Crippen LogP contribution in [-0.4, -0.2) is 30.3 Å². The number of carbonyl (C=O) groups excluding carboxylic acids is 2. The highest BCUT2D eigenvalue weighted by molar-refractivity contribution is 6.31. The van der Waals surface area contributed by atoms with Gasteiger partial charge in [-0.15, -0.1) is 0 Å². The van der Waals surface area contributed by atoms with Crippen LogP contribution in [0.1, 0.15) is 27.0 Å². The average Bonchev–Trinajstić information content (AvgIpc) is 2.76. The lowest BCUT2D eigenvalue weighted by Gasteiger charge is -2.19. The third kappa shape index (κ3) is 5.64. The molecule has 0 atom stereocenters. The van der Waals surface area contributed by atoms with E-state index in [9.17, 15) is 9.59 Å². The molecule has 0 spiro atoms. The van der Waals surface area contributed by atoms with E-state index in [1.807, 2.05) is 50.2 Å². The number of nitrogens with one attached hydrogen (secondary N) is 1. The van der Waals surface area contributed by atoms with Crippen LogP contribution in [-0.2, 0) is 11.4 Å². The van der Waals surface area contributed by atoms with Gasteiger partial charge in [0.05, 0.1) is 12.1 Å². The Bertz CT molecular complexity index is 1100. The molecule has 0 saturated carbocycles. The normalized spacial score (nSPS) is 10.5. The van der Waals surface area contributed by atoms with Crippen LogP contribution in [0.25, 0.3) is 0 Å². The van der Waals surface area contributed by atoms with Crippen molar-refractivity contribution in [1.82, 2.24) is 4.90 Å². The van der Waals surface area contributed by atoms with Crippen molar-refractivity contribution in [1.29, 1.82) is 0 Å². The highest BCUT2D eigenvalue weighted by atomic mass is 35.5. The minimum atomic E-state index is -0.300. The van der Waals surface area contributed by atoms with Gasteiger partial charge in [-0.3, -0.25) is 9.59 Å². The molecule has 0 aromatic heterocycles. The van der Waals surface area contributed by atoms with Crippen LogP contribution in [0.5, 0.6) is 5.75 Å². The Balaban J connectivity index is 1.67. The first-order valence-electron chi connectivity index (χ1n) is 9.93. The lowest BCUT2D eigenvalue weighted by atomic mass is 10.1. The molecule has 0 aliphatic rings. The van der Waals surface area contributed by atoms with Gasteiger partial charge in [-0.05, 0) is 49.2 Å². The van der Waals surface area contributed by atoms with Crippen LogP contribution < -0.4 is 10.1 Å². The smallest absolute Gasteiger partial charge is 0.257 e. The van der Waals surface area contributed by atoms with Crippen molar-refractivity contribution in [2.24, 2.45) is 0 Å². The lowest BCUT2D eigenvalue weighted by Crippen LogP contribution is -2.35. The van der Waals surface area contributed by atoms with E-state index in [-0.39, 0.29) is 25.0 Å². The minimum Gasteiger partial charge on any atom is -0.488 e. The number of benzene rings is 3. The van der Waals surface area contributed by atoms with Gasteiger partial charge in [-0.1, -0.05) is 54.1 Å². The summed E-state index contributed by atoms with van der Waals surface area (Å²) in [5, 5.41) is 3.48. The summed E-state index contributed by atoms with van der Waals surface area (Å²) in [7, 11) is 1.59. The SMILES string of the molecule is Cc1cccc(NC(=O)CN(C)C(=O)c2ccccc2OCc2ccccc2Cl)c1C. The van der Waals surface area contributed by atoms with E-state index in [0.29, 0.717) is 16.3 Å². The standard InChI is InChI=1S/C25H25ClN2O3/c1-17-9-8-13-22(18(17)2)27-24(29)15-28(3)25(30)20-11-5-7-14-23(20)31-16-19-10-4-6-12-21(19)26/h4-14H,15-16H2,1-3H3,(H,27,29). The zero-order valence-electron chi connectivity index (χ0n) is 17.8. The Labute approximate surface area is 187 Å². The number of aryl methyl sites for hydroxylation is 1. The number of rotatable bonds is 7. The number of carbonyl (C=O) groups is 2. The van der Waals surface area contributed by atoms with Crippen LogP contribution in [0.3, 0.4) is 0 Å². The Morgan fingerprint density at radius 3 is 2.45 bits per heavy atom. The van der Waals surface area contributed by atoms with Crippen LogP contribution in [0.2, 0.25) is 5.02 Å². The number of likely N-dealkylation sites (N-methyl/N-ethyl adjacent to an activating group) is 1. The van der Waals surface area contributed by atoms with Gasteiger partial charge in [0, 0.05) is 23.3 Å². The number of amides is 2. The molecule has 0 bridgehead atoms. The molecule has 2 amide bonds. The van der Waals surface area contributed by atoms with E-state index < -0.39 is 0 Å². The second kappa shape index (κ2) is 10.1. The highest BCUT2D eigenvalue weighted by Gasteiger charge is 2.19. The summed E-state index contributed by atoms with van der Waals surface area (Å²) in [4.78, 5) is 26.9. The molecule has 31 heavy (non-hydrogen) atoms. The number of anilines is 1. The van der Waals surface area contributed by atoms with E-state index in [1.165, 1.54) is 4.90 Å². The first kappa shape index (κ1) is 22.4. The zero-order valence-corrected chi connectivity index (χ0v) is 18.6. The maximum absolute atomic E-state index is 13.0. The van der Waals surface area contributed by atoms with Crippen molar-refractivity contribution in [3.05, 3.63) is 94.0 Å². The first-order valence-corrected chi connectivity index (χ1v) is 10.3. The van der Waals surface area contributed by atoms with Gasteiger partial charge in [0.1, 0.15) is 12.4 Å². The van der Waals surface area contributed by atoms with E-state index in [4.69, 9.17) is 16.3 Å². The summed E-state index contributed by atoms with van der Waals surface area (Å²) in [5.74, 6) is -0.126. The Hall–Kier alpha value is -3.31. The molecule has 0 aliphatic carbocycles. The van der Waals surface area contributed by atoms with Gasteiger partial charge in [-0.25, -0.2) is 0 Å². The molecule has 0 heterocycles. The molecule has 0 fully saturated rings. The van der Waals surface area contributed by atoms with Crippen molar-refractivity contribution in [3.63, 3.8) is 0 Å².